The number of carbonyl (C=O) groups excluding carboxylic acids is 1. The third kappa shape index (κ3) is 4.92. The molecule has 1 N–H and O–H groups in total. The molecule has 1 rings (SSSR count). The molecule has 1 aromatic carbocycles. The summed E-state index contributed by atoms with van der Waals surface area (Å²) in [5, 5.41) is 11.6. The van der Waals surface area contributed by atoms with Gasteiger partial charge in [0.25, 0.3) is 0 Å². The Bertz CT molecular complexity index is 487. The number of halogens is 1. The maximum atomic E-state index is 11.5. The number of ether oxygens (including phenoxy) is 1. The molecule has 1 amide bonds. The van der Waals surface area contributed by atoms with E-state index in [4.69, 9.17) is 10.00 Å². The number of hydrogen-bond donors (Lipinski definition) is 1. The van der Waals surface area contributed by atoms with Crippen molar-refractivity contribution in [3.05, 3.63) is 32.9 Å². The van der Waals surface area contributed by atoms with Gasteiger partial charge in [0.05, 0.1) is 5.56 Å². The summed E-state index contributed by atoms with van der Waals surface area (Å²) in [5.74, 6) is 0. The Kier molecular flexibility index (Phi) is 4.96. The van der Waals surface area contributed by atoms with Crippen LogP contribution in [0.3, 0.4) is 0 Å². The first kappa shape index (κ1) is 14.8. The van der Waals surface area contributed by atoms with E-state index in [0.29, 0.717) is 12.1 Å². The van der Waals surface area contributed by atoms with Crippen LogP contribution in [0, 0.1) is 14.9 Å². The summed E-state index contributed by atoms with van der Waals surface area (Å²) >= 11 is 2.10. The van der Waals surface area contributed by atoms with Crippen LogP contribution in [0.5, 0.6) is 0 Å². The average Bonchev–Trinajstić information content (AvgIpc) is 2.25. The van der Waals surface area contributed by atoms with Gasteiger partial charge in [0.15, 0.2) is 0 Å². The van der Waals surface area contributed by atoms with Crippen LogP contribution in [0.1, 0.15) is 31.9 Å². The Hall–Kier alpha value is -1.29. The van der Waals surface area contributed by atoms with Crippen LogP contribution in [-0.4, -0.2) is 11.7 Å². The first-order valence-corrected chi connectivity index (χ1v) is 6.55. The number of hydrogen-bond acceptors (Lipinski definition) is 3. The topological polar surface area (TPSA) is 62.1 Å². The van der Waals surface area contributed by atoms with Crippen molar-refractivity contribution < 1.29 is 9.53 Å². The largest absolute Gasteiger partial charge is 0.444 e. The molecule has 0 aliphatic rings. The number of nitrogens with one attached hydrogen (secondary N) is 1. The smallest absolute Gasteiger partial charge is 0.407 e. The number of carbonyl (C=O) groups is 1. The molecule has 0 atom stereocenters. The minimum Gasteiger partial charge on any atom is -0.444 e. The van der Waals surface area contributed by atoms with Gasteiger partial charge in [0.2, 0.25) is 0 Å². The summed E-state index contributed by atoms with van der Waals surface area (Å²) < 4.78 is 6.02. The van der Waals surface area contributed by atoms with E-state index in [1.807, 2.05) is 32.9 Å². The average molecular weight is 358 g/mol. The molecule has 0 aliphatic heterocycles. The molecule has 0 bridgehead atoms. The molecule has 0 radical (unpaired) electrons. The van der Waals surface area contributed by atoms with Crippen molar-refractivity contribution in [2.75, 3.05) is 0 Å². The molecule has 0 unspecified atom stereocenters. The molecule has 0 spiro atoms. The predicted molar refractivity (Wildman–Crippen MR) is 76.9 cm³/mol. The molecule has 0 aliphatic carbocycles. The zero-order valence-electron chi connectivity index (χ0n) is 10.6. The van der Waals surface area contributed by atoms with Crippen LogP contribution in [0.25, 0.3) is 0 Å². The fourth-order valence-corrected chi connectivity index (χ4v) is 1.71. The van der Waals surface area contributed by atoms with Crippen molar-refractivity contribution in [2.24, 2.45) is 0 Å². The van der Waals surface area contributed by atoms with Gasteiger partial charge in [-0.2, -0.15) is 5.26 Å². The van der Waals surface area contributed by atoms with E-state index in [2.05, 4.69) is 34.0 Å². The number of rotatable bonds is 2. The molecule has 18 heavy (non-hydrogen) atoms. The minimum absolute atomic E-state index is 0.348. The highest BCUT2D eigenvalue weighted by atomic mass is 127. The van der Waals surface area contributed by atoms with E-state index < -0.39 is 11.7 Å². The Morgan fingerprint density at radius 2 is 2.17 bits per heavy atom. The second-order valence-corrected chi connectivity index (χ2v) is 5.94. The summed E-state index contributed by atoms with van der Waals surface area (Å²) in [5.41, 5.74) is 0.977. The van der Waals surface area contributed by atoms with Gasteiger partial charge < -0.3 is 10.1 Å². The van der Waals surface area contributed by atoms with Crippen molar-refractivity contribution in [1.29, 1.82) is 5.26 Å². The van der Waals surface area contributed by atoms with Crippen LogP contribution in [0.4, 0.5) is 4.79 Å². The summed E-state index contributed by atoms with van der Waals surface area (Å²) in [7, 11) is 0. The molecule has 0 aromatic heterocycles. The SMILES string of the molecule is CC(C)(C)OC(=O)NCc1ccc(I)c(C#N)c1. The van der Waals surface area contributed by atoms with Crippen molar-refractivity contribution in [3.8, 4) is 6.07 Å². The van der Waals surface area contributed by atoms with E-state index in [1.165, 1.54) is 0 Å². The van der Waals surface area contributed by atoms with Gasteiger partial charge in [-0.15, -0.1) is 0 Å². The Morgan fingerprint density at radius 1 is 1.50 bits per heavy atom. The van der Waals surface area contributed by atoms with E-state index in [0.717, 1.165) is 9.13 Å². The van der Waals surface area contributed by atoms with Crippen LogP contribution in [0.2, 0.25) is 0 Å². The van der Waals surface area contributed by atoms with Gasteiger partial charge in [0.1, 0.15) is 11.7 Å². The monoisotopic (exact) mass is 358 g/mol. The fourth-order valence-electron chi connectivity index (χ4n) is 1.26. The first-order valence-electron chi connectivity index (χ1n) is 5.47. The van der Waals surface area contributed by atoms with E-state index in [9.17, 15) is 4.79 Å². The van der Waals surface area contributed by atoms with Crippen LogP contribution in [-0.2, 0) is 11.3 Å². The molecule has 0 fully saturated rings. The molecule has 96 valence electrons. The zero-order valence-corrected chi connectivity index (χ0v) is 12.7. The summed E-state index contributed by atoms with van der Waals surface area (Å²) in [4.78, 5) is 11.5. The lowest BCUT2D eigenvalue weighted by molar-refractivity contribution is 0.0523. The summed E-state index contributed by atoms with van der Waals surface area (Å²) in [6.45, 7) is 5.78. The highest BCUT2D eigenvalue weighted by Crippen LogP contribution is 2.13. The highest BCUT2D eigenvalue weighted by Gasteiger charge is 2.15. The number of alkyl carbamates (subject to hydrolysis) is 1. The summed E-state index contributed by atoms with van der Waals surface area (Å²) in [6.07, 6.45) is -0.459. The normalized spacial score (nSPS) is 10.6. The highest BCUT2D eigenvalue weighted by molar-refractivity contribution is 14.1. The number of benzene rings is 1. The maximum Gasteiger partial charge on any atom is 0.407 e. The lowest BCUT2D eigenvalue weighted by Crippen LogP contribution is -2.32. The lowest BCUT2D eigenvalue weighted by atomic mass is 10.1. The van der Waals surface area contributed by atoms with Gasteiger partial charge in [0, 0.05) is 10.1 Å². The van der Waals surface area contributed by atoms with Gasteiger partial charge in [-0.25, -0.2) is 4.79 Å². The molecule has 0 saturated heterocycles. The van der Waals surface area contributed by atoms with Gasteiger partial charge in [-0.1, -0.05) is 6.07 Å². The fraction of sp³-hybridized carbons (Fsp3) is 0.385. The van der Waals surface area contributed by atoms with Crippen LogP contribution < -0.4 is 5.32 Å². The van der Waals surface area contributed by atoms with E-state index >= 15 is 0 Å². The molecular weight excluding hydrogens is 343 g/mol. The Labute approximate surface area is 120 Å². The quantitative estimate of drug-likeness (QED) is 0.826. The van der Waals surface area contributed by atoms with Crippen molar-refractivity contribution >= 4 is 28.7 Å². The Balaban J connectivity index is 2.60. The molecule has 0 heterocycles. The standard InChI is InChI=1S/C13H15IN2O2/c1-13(2,3)18-12(17)16-8-9-4-5-11(14)10(6-9)7-15/h4-6H,8H2,1-3H3,(H,16,17). The van der Waals surface area contributed by atoms with Gasteiger partial charge in [-0.05, 0) is 61.1 Å². The molecule has 0 saturated carbocycles. The van der Waals surface area contributed by atoms with Crippen molar-refractivity contribution in [1.82, 2.24) is 5.32 Å². The maximum absolute atomic E-state index is 11.5. The molecule has 5 heteroatoms. The second-order valence-electron chi connectivity index (χ2n) is 4.78. The van der Waals surface area contributed by atoms with Crippen LogP contribution in [0.15, 0.2) is 18.2 Å². The third-order valence-corrected chi connectivity index (χ3v) is 2.93. The summed E-state index contributed by atoms with van der Waals surface area (Å²) in [6, 6.07) is 7.60. The van der Waals surface area contributed by atoms with Gasteiger partial charge in [-0.3, -0.25) is 0 Å². The number of nitriles is 1. The molecular formula is C13H15IN2O2. The van der Waals surface area contributed by atoms with Crippen molar-refractivity contribution in [2.45, 2.75) is 32.9 Å². The lowest BCUT2D eigenvalue weighted by Gasteiger charge is -2.19. The number of nitrogens with zero attached hydrogens (tertiary/aromatic N) is 1. The van der Waals surface area contributed by atoms with E-state index in [-0.39, 0.29) is 0 Å². The van der Waals surface area contributed by atoms with E-state index in [1.54, 1.807) is 6.07 Å². The van der Waals surface area contributed by atoms with Crippen molar-refractivity contribution in [3.63, 3.8) is 0 Å². The first-order chi connectivity index (χ1) is 8.31. The molecule has 4 nitrogen and oxygen atoms in total. The Morgan fingerprint density at radius 3 is 2.72 bits per heavy atom. The van der Waals surface area contributed by atoms with Crippen LogP contribution >= 0.6 is 22.6 Å². The predicted octanol–water partition coefficient (Wildman–Crippen LogP) is 3.19. The molecule has 1 aromatic rings. The zero-order chi connectivity index (χ0) is 13.8. The van der Waals surface area contributed by atoms with Gasteiger partial charge >= 0.3 is 6.09 Å². The second kappa shape index (κ2) is 6.05. The third-order valence-electron chi connectivity index (χ3n) is 1.99. The number of amides is 1. The minimum atomic E-state index is -0.506.